The molecule has 0 spiro atoms. The molecule has 0 radical (unpaired) electrons. The number of alkyl carbamates (subject to hydrolysis) is 1. The van der Waals surface area contributed by atoms with Gasteiger partial charge in [-0.15, -0.1) is 0 Å². The second-order valence-corrected chi connectivity index (χ2v) is 7.32. The number of rotatable bonds is 9. The smallest absolute Gasteiger partial charge is 0.407 e. The van der Waals surface area contributed by atoms with Gasteiger partial charge in [0.1, 0.15) is 19.3 Å². The van der Waals surface area contributed by atoms with Gasteiger partial charge in [0.15, 0.2) is 0 Å². The summed E-state index contributed by atoms with van der Waals surface area (Å²) < 4.78 is 10.6. The Bertz CT molecular complexity index is 915. The van der Waals surface area contributed by atoms with Gasteiger partial charge in [0.2, 0.25) is 5.91 Å². The van der Waals surface area contributed by atoms with Crippen LogP contribution >= 0.6 is 0 Å². The van der Waals surface area contributed by atoms with Crippen LogP contribution < -0.4 is 5.32 Å². The van der Waals surface area contributed by atoms with Crippen LogP contribution in [0, 0.1) is 0 Å². The topological polar surface area (TPSA) is 105 Å². The Morgan fingerprint density at radius 2 is 1.65 bits per heavy atom. The number of hydrogen-bond donors (Lipinski definition) is 2. The molecule has 3 rings (SSSR count). The molecule has 0 aliphatic heterocycles. The molecule has 31 heavy (non-hydrogen) atoms. The quantitative estimate of drug-likeness (QED) is 0.597. The molecule has 2 amide bonds. The maximum atomic E-state index is 12.1. The second-order valence-electron chi connectivity index (χ2n) is 7.32. The van der Waals surface area contributed by atoms with Crippen molar-refractivity contribution >= 4 is 18.0 Å². The Labute approximate surface area is 180 Å². The van der Waals surface area contributed by atoms with Crippen molar-refractivity contribution in [2.24, 2.45) is 0 Å². The van der Waals surface area contributed by atoms with Gasteiger partial charge < -0.3 is 24.8 Å². The minimum Gasteiger partial charge on any atom is -0.480 e. The molecule has 1 aliphatic carbocycles. The molecule has 1 aliphatic rings. The van der Waals surface area contributed by atoms with Crippen molar-refractivity contribution in [2.45, 2.75) is 18.9 Å². The third kappa shape index (κ3) is 5.21. The number of benzene rings is 2. The van der Waals surface area contributed by atoms with E-state index in [0.29, 0.717) is 0 Å². The maximum Gasteiger partial charge on any atom is 0.407 e. The zero-order chi connectivity index (χ0) is 22.4. The number of carboxylic acid groups (broad SMARTS) is 1. The molecule has 0 heterocycles. The molecule has 0 aromatic heterocycles. The van der Waals surface area contributed by atoms with Crippen molar-refractivity contribution in [3.8, 4) is 11.1 Å². The Morgan fingerprint density at radius 3 is 2.23 bits per heavy atom. The van der Waals surface area contributed by atoms with Gasteiger partial charge in [-0.1, -0.05) is 48.5 Å². The fraction of sp³-hybridized carbons (Fsp3) is 0.348. The number of amides is 2. The Balaban J connectivity index is 1.41. The lowest BCUT2D eigenvalue weighted by Gasteiger charge is -2.21. The van der Waals surface area contributed by atoms with Crippen LogP contribution in [0.3, 0.4) is 0 Å². The summed E-state index contributed by atoms with van der Waals surface area (Å²) >= 11 is 0. The number of nitrogens with zero attached hydrogens (tertiary/aromatic N) is 1. The molecule has 0 saturated carbocycles. The van der Waals surface area contributed by atoms with Crippen LogP contribution in [0.4, 0.5) is 4.79 Å². The van der Waals surface area contributed by atoms with Crippen LogP contribution in [0.5, 0.6) is 0 Å². The second kappa shape index (κ2) is 10.1. The summed E-state index contributed by atoms with van der Waals surface area (Å²) in [5.41, 5.74) is 4.59. The van der Waals surface area contributed by atoms with Gasteiger partial charge in [0.25, 0.3) is 0 Å². The number of likely N-dealkylation sites (N-methyl/N-ethyl adjacent to an activating group) is 1. The number of carbonyl (C=O) groups is 3. The number of aliphatic carboxylic acids is 1. The fourth-order valence-electron chi connectivity index (χ4n) is 3.52. The summed E-state index contributed by atoms with van der Waals surface area (Å²) in [5, 5.41) is 11.5. The predicted octanol–water partition coefficient (Wildman–Crippen LogP) is 2.47. The standard InChI is InChI=1S/C23H26N2O6/c1-15(22(27)28)25(2)21(26)14-30-12-11-24-23(29)31-13-20-18-9-5-3-7-16(18)17-8-4-6-10-19(17)20/h3-10,15,20H,11-14H2,1-2H3,(H,24,29)(H,27,28). The van der Waals surface area contributed by atoms with Crippen molar-refractivity contribution in [3.63, 3.8) is 0 Å². The van der Waals surface area contributed by atoms with Crippen molar-refractivity contribution in [1.82, 2.24) is 10.2 Å². The van der Waals surface area contributed by atoms with E-state index in [2.05, 4.69) is 17.4 Å². The molecule has 0 saturated heterocycles. The van der Waals surface area contributed by atoms with Crippen LogP contribution in [0.25, 0.3) is 11.1 Å². The third-order valence-corrected chi connectivity index (χ3v) is 5.42. The molecule has 0 bridgehead atoms. The molecular weight excluding hydrogens is 400 g/mol. The molecule has 0 fully saturated rings. The highest BCUT2D eigenvalue weighted by atomic mass is 16.5. The highest BCUT2D eigenvalue weighted by molar-refractivity contribution is 5.83. The third-order valence-electron chi connectivity index (χ3n) is 5.42. The normalized spacial score (nSPS) is 13.1. The van der Waals surface area contributed by atoms with E-state index in [-0.39, 0.29) is 32.3 Å². The van der Waals surface area contributed by atoms with E-state index in [0.717, 1.165) is 27.2 Å². The summed E-state index contributed by atoms with van der Waals surface area (Å²) in [6, 6.07) is 15.3. The van der Waals surface area contributed by atoms with Gasteiger partial charge in [-0.2, -0.15) is 0 Å². The largest absolute Gasteiger partial charge is 0.480 e. The number of fused-ring (bicyclic) bond motifs is 3. The summed E-state index contributed by atoms with van der Waals surface area (Å²) in [4.78, 5) is 35.9. The van der Waals surface area contributed by atoms with Gasteiger partial charge >= 0.3 is 12.1 Å². The van der Waals surface area contributed by atoms with E-state index in [1.54, 1.807) is 0 Å². The molecule has 2 aromatic rings. The summed E-state index contributed by atoms with van der Waals surface area (Å²) in [7, 11) is 1.40. The molecule has 1 atom stereocenters. The molecule has 8 nitrogen and oxygen atoms in total. The summed E-state index contributed by atoms with van der Waals surface area (Å²) in [5.74, 6) is -1.55. The first-order chi connectivity index (χ1) is 14.9. The molecule has 2 aromatic carbocycles. The first kappa shape index (κ1) is 22.3. The van der Waals surface area contributed by atoms with Gasteiger partial charge in [-0.05, 0) is 29.2 Å². The number of hydrogen-bond acceptors (Lipinski definition) is 5. The van der Waals surface area contributed by atoms with Crippen LogP contribution in [-0.4, -0.2) is 67.4 Å². The van der Waals surface area contributed by atoms with Crippen molar-refractivity contribution in [3.05, 3.63) is 59.7 Å². The zero-order valence-corrected chi connectivity index (χ0v) is 17.5. The number of carboxylic acids is 1. The number of carbonyl (C=O) groups excluding carboxylic acids is 2. The first-order valence-corrected chi connectivity index (χ1v) is 10.0. The van der Waals surface area contributed by atoms with Crippen LogP contribution in [-0.2, 0) is 19.1 Å². The first-order valence-electron chi connectivity index (χ1n) is 10.0. The van der Waals surface area contributed by atoms with Crippen molar-refractivity contribution in [1.29, 1.82) is 0 Å². The van der Waals surface area contributed by atoms with Gasteiger partial charge in [-0.3, -0.25) is 4.79 Å². The summed E-state index contributed by atoms with van der Waals surface area (Å²) in [6.07, 6.45) is -0.562. The Morgan fingerprint density at radius 1 is 1.06 bits per heavy atom. The van der Waals surface area contributed by atoms with Gasteiger partial charge in [-0.25, -0.2) is 9.59 Å². The van der Waals surface area contributed by atoms with E-state index in [4.69, 9.17) is 14.6 Å². The fourth-order valence-corrected chi connectivity index (χ4v) is 3.52. The van der Waals surface area contributed by atoms with Gasteiger partial charge in [0, 0.05) is 19.5 Å². The number of nitrogens with one attached hydrogen (secondary N) is 1. The lowest BCUT2D eigenvalue weighted by molar-refractivity contribution is -0.150. The van der Waals surface area contributed by atoms with Gasteiger partial charge in [0.05, 0.1) is 6.61 Å². The zero-order valence-electron chi connectivity index (χ0n) is 17.5. The minimum absolute atomic E-state index is 0.0150. The maximum absolute atomic E-state index is 12.1. The van der Waals surface area contributed by atoms with E-state index < -0.39 is 24.0 Å². The highest BCUT2D eigenvalue weighted by Crippen LogP contribution is 2.44. The highest BCUT2D eigenvalue weighted by Gasteiger charge is 2.29. The molecule has 1 unspecified atom stereocenters. The predicted molar refractivity (Wildman–Crippen MR) is 114 cm³/mol. The molecule has 8 heteroatoms. The molecule has 2 N–H and O–H groups in total. The lowest BCUT2D eigenvalue weighted by Crippen LogP contribution is -2.42. The van der Waals surface area contributed by atoms with Crippen LogP contribution in [0.1, 0.15) is 24.0 Å². The summed E-state index contributed by atoms with van der Waals surface area (Å²) in [6.45, 7) is 1.64. The average molecular weight is 426 g/mol. The van der Waals surface area contributed by atoms with E-state index in [1.807, 2.05) is 36.4 Å². The minimum atomic E-state index is -1.09. The van der Waals surface area contributed by atoms with E-state index >= 15 is 0 Å². The molecule has 164 valence electrons. The van der Waals surface area contributed by atoms with Crippen molar-refractivity contribution in [2.75, 3.05) is 33.4 Å². The Hall–Kier alpha value is -3.39. The van der Waals surface area contributed by atoms with E-state index in [1.165, 1.54) is 14.0 Å². The molecular formula is C23H26N2O6. The Kier molecular flexibility index (Phi) is 7.25. The van der Waals surface area contributed by atoms with E-state index in [9.17, 15) is 14.4 Å². The van der Waals surface area contributed by atoms with Crippen LogP contribution in [0.15, 0.2) is 48.5 Å². The number of ether oxygens (including phenoxy) is 2. The SMILES string of the molecule is CC(C(=O)O)N(C)C(=O)COCCNC(=O)OCC1c2ccccc2-c2ccccc21. The van der Waals surface area contributed by atoms with Crippen molar-refractivity contribution < 1.29 is 29.0 Å². The monoisotopic (exact) mass is 426 g/mol. The average Bonchev–Trinajstić information content (AvgIpc) is 3.10. The lowest BCUT2D eigenvalue weighted by atomic mass is 9.98. The van der Waals surface area contributed by atoms with Crippen LogP contribution in [0.2, 0.25) is 0 Å².